The van der Waals surface area contributed by atoms with Gasteiger partial charge in [-0.2, -0.15) is 0 Å². The van der Waals surface area contributed by atoms with E-state index in [1.54, 1.807) is 22.8 Å². The van der Waals surface area contributed by atoms with Crippen molar-refractivity contribution in [1.82, 2.24) is 14.1 Å². The Hall–Kier alpha value is -10.1. The number of hydrogen-bond donors (Lipinski definition) is 0. The summed E-state index contributed by atoms with van der Waals surface area (Å²) in [4.78, 5) is 4.86. The number of para-hydroxylation sites is 2. The third-order valence-corrected chi connectivity index (χ3v) is 23.1. The summed E-state index contributed by atoms with van der Waals surface area (Å²) in [6, 6.07) is 41.0. The Bertz CT molecular complexity index is 7270. The summed E-state index contributed by atoms with van der Waals surface area (Å²) in [5, 5.41) is 4.99. The molecule has 2 aliphatic carbocycles. The van der Waals surface area contributed by atoms with Crippen molar-refractivity contribution >= 4 is 61.7 Å². The Morgan fingerprint density at radius 2 is 1.06 bits per heavy atom. The molecule has 0 fully saturated rings. The quantitative estimate of drug-likeness (QED) is 0.0529. The van der Waals surface area contributed by atoms with Crippen LogP contribution >= 0.6 is 0 Å². The van der Waals surface area contributed by atoms with Crippen molar-refractivity contribution < 1.29 is 72.4 Å². The summed E-state index contributed by atoms with van der Waals surface area (Å²) >= 11 is 0. The van der Waals surface area contributed by atoms with Crippen LogP contribution in [0.5, 0.6) is 11.5 Å². The number of imidazole rings is 1. The maximum Gasteiger partial charge on any atom is 0.269 e. The molecule has 490 valence electrons. The van der Waals surface area contributed by atoms with Crippen LogP contribution in [0.25, 0.3) is 83.4 Å². The molecule has 0 saturated carbocycles. The van der Waals surface area contributed by atoms with Gasteiger partial charge in [-0.1, -0.05) is 288 Å². The normalized spacial score (nSPS) is 25.4. The summed E-state index contributed by atoms with van der Waals surface area (Å²) in [6.45, 7) is -35.8. The van der Waals surface area contributed by atoms with Gasteiger partial charge in [-0.3, -0.25) is 13.7 Å². The molecule has 0 radical (unpaired) electrons. The van der Waals surface area contributed by atoms with Gasteiger partial charge >= 0.3 is 0 Å². The molecule has 6 heteroatoms. The zero-order chi connectivity index (χ0) is 108. The zero-order valence-corrected chi connectivity index (χ0v) is 54.2. The second kappa shape index (κ2) is 23.8. The minimum Gasteiger partial charge on any atom is -0.458 e. The summed E-state index contributed by atoms with van der Waals surface area (Å²) in [5.41, 5.74) is -35.0. The fraction of sp³-hybridized carbons (Fsp3) is 0.226. The highest BCUT2D eigenvalue weighted by molar-refractivity contribution is 7.20. The van der Waals surface area contributed by atoms with Gasteiger partial charge in [-0.05, 0) is 184 Å². The van der Waals surface area contributed by atoms with E-state index in [-0.39, 0.29) is 45.2 Å². The van der Waals surface area contributed by atoms with Crippen LogP contribution in [0.1, 0.15) is 198 Å². The molecule has 3 heterocycles. The first kappa shape index (κ1) is 30.5. The van der Waals surface area contributed by atoms with E-state index < -0.39 is 250 Å². The summed E-state index contributed by atoms with van der Waals surface area (Å²) in [6.07, 6.45) is -15.3. The largest absolute Gasteiger partial charge is 0.458 e. The molecule has 0 unspecified atom stereocenters. The summed E-state index contributed by atoms with van der Waals surface area (Å²) < 4.78 is 442. The molecule has 16 rings (SSSR count). The number of aromatic nitrogens is 4. The SMILES string of the molecule is [2H]c1c([2H])c([2H])c(-c2cnc(-n3c4ccc([Si](c5ccccc5)(c5ccccc5)c5ccccc5)cc4c4ccc(Oc5cccc(-n6[c-][n+](-c7c(-c8c([2H])c([2H])c9c(c8[2H])C(C([2H])([2H])[2H])(C([2H])([2H])[2H])C([2H])([2H])C([2H])([2H])C9(C([2H])([2H])[2H])C([2H])([2H])[2H])cc(C(C)(C)C)cc7-c7c([2H])c([2H])c8c(c7[2H])C(C([2H])([2H])[2H])(C([2H])([2H])[2H])C([2H])([2H])C([2H])([2H])C8(C([2H])([2H])[2H])C([2H])([2H])[2H])c7ccccc76)c5)cc43)cc2C([2H])([2H])[2H])c([2H])c1[2H]. The molecule has 0 amide bonds. The van der Waals surface area contributed by atoms with E-state index >= 15 is 0 Å². The molecule has 99 heavy (non-hydrogen) atoms. The fourth-order valence-electron chi connectivity index (χ4n) is 13.5. The standard InChI is InChI=1S/C93H88N4OSi/c1-62-52-87(94-60-78(62)63-28-17-13-18-29-63)97-83-47-43-73(99(70-32-19-14-20-33-70,71-34-21-15-22-35-71)72-36-23-16-24-37-72)59-77(83)74-44-42-69(58-86(74)97)98-68-31-27-30-67(57-68)95-61-96(85-39-26-25-38-84(85)95)88-75(64-40-45-79-81(53-64)92(9,10)50-48-90(79,5)6)55-66(89(2,3)4)56-76(88)65-41-46-80-82(54-65)93(11,12)51-49-91(80,7)8/h13-47,52-60H,48-51H2,1-12H3/i1D3,5D3,6D3,7D3,8D3,9D3,10D3,11D3,12D3,13D,17D,18D,28D,29D,40D,41D,45D,46D,48D2,49D2,50D2,51D2,53D,54D. The molecule has 0 saturated heterocycles. The van der Waals surface area contributed by atoms with Crippen molar-refractivity contribution in [3.05, 3.63) is 306 Å². The number of aryl methyl sites for hydroxylation is 1. The predicted octanol–water partition coefficient (Wildman–Crippen LogP) is 20.7. The molecular formula is C93H88N4OSi. The second-order valence-corrected chi connectivity index (χ2v) is 29.5. The van der Waals surface area contributed by atoms with Crippen LogP contribution in [0, 0.1) is 13.2 Å². The molecule has 0 spiro atoms. The number of hydrogen-bond acceptors (Lipinski definition) is 2. The smallest absolute Gasteiger partial charge is 0.269 e. The van der Waals surface area contributed by atoms with E-state index in [0.29, 0.717) is 21.8 Å². The lowest BCUT2D eigenvalue weighted by atomic mass is 9.62. The van der Waals surface area contributed by atoms with E-state index in [2.05, 4.69) is 48.8 Å². The number of rotatable bonds is 12. The van der Waals surface area contributed by atoms with E-state index in [9.17, 15) is 35.6 Å². The van der Waals surface area contributed by atoms with E-state index in [4.69, 9.17) is 37.1 Å². The van der Waals surface area contributed by atoms with Crippen molar-refractivity contribution in [2.45, 2.75) is 135 Å². The van der Waals surface area contributed by atoms with Crippen LogP contribution < -0.4 is 30.1 Å². The van der Waals surface area contributed by atoms with Crippen molar-refractivity contribution in [2.24, 2.45) is 0 Å². The minimum absolute atomic E-state index is 0.00752. The maximum absolute atomic E-state index is 10.7. The summed E-state index contributed by atoms with van der Waals surface area (Å²) in [5.74, 6) is -0.0487. The van der Waals surface area contributed by atoms with Gasteiger partial charge in [-0.25, -0.2) is 4.98 Å². The average Bonchev–Trinajstić information content (AvgIpc) is 0.740. The number of nitrogens with zero attached hydrogens (tertiary/aromatic N) is 4. The highest BCUT2D eigenvalue weighted by Gasteiger charge is 2.43. The first-order valence-electron chi connectivity index (χ1n) is 54.5. The first-order valence-corrected chi connectivity index (χ1v) is 33.5. The molecule has 0 bridgehead atoms. The van der Waals surface area contributed by atoms with Crippen LogP contribution in [0.15, 0.2) is 267 Å². The van der Waals surface area contributed by atoms with Gasteiger partial charge in [0.2, 0.25) is 0 Å². The molecule has 0 atom stereocenters. The van der Waals surface area contributed by atoms with Crippen LogP contribution in [-0.2, 0) is 27.1 Å². The van der Waals surface area contributed by atoms with Crippen LogP contribution in [0.2, 0.25) is 0 Å². The Labute approximate surface area is 650 Å². The zero-order valence-electron chi connectivity index (χ0n) is 99.2. The number of fused-ring (bicyclic) bond motifs is 6. The van der Waals surface area contributed by atoms with Gasteiger partial charge in [0.15, 0.2) is 8.07 Å². The minimum atomic E-state index is -4.93. The fourth-order valence-corrected chi connectivity index (χ4v) is 18.3. The van der Waals surface area contributed by atoms with E-state index in [0.717, 1.165) is 43.6 Å². The Morgan fingerprint density at radius 1 is 0.495 bits per heavy atom. The van der Waals surface area contributed by atoms with Crippen LogP contribution in [0.3, 0.4) is 0 Å². The van der Waals surface area contributed by atoms with Gasteiger partial charge in [0.25, 0.3) is 6.33 Å². The Morgan fingerprint density at radius 3 is 1.64 bits per heavy atom. The predicted molar refractivity (Wildman–Crippen MR) is 416 cm³/mol. The van der Waals surface area contributed by atoms with E-state index in [1.807, 2.05) is 66.7 Å². The molecular weight excluding hydrogens is 1220 g/mol. The van der Waals surface area contributed by atoms with Crippen molar-refractivity contribution in [2.75, 3.05) is 0 Å². The lowest BCUT2D eigenvalue weighted by Crippen LogP contribution is -2.74. The third-order valence-electron chi connectivity index (χ3n) is 18.3. The van der Waals surface area contributed by atoms with Crippen LogP contribution in [0.4, 0.5) is 0 Å². The topological polar surface area (TPSA) is 35.9 Å². The lowest BCUT2D eigenvalue weighted by molar-refractivity contribution is -0.571. The Balaban J connectivity index is 1.02. The molecule has 0 aliphatic heterocycles. The Kier molecular flexibility index (Phi) is 7.34. The monoisotopic (exact) mass is 1350 g/mol. The van der Waals surface area contributed by atoms with Gasteiger partial charge in [0, 0.05) is 76.6 Å². The number of pyridine rings is 1. The number of ether oxygens (including phenoxy) is 1. The van der Waals surface area contributed by atoms with Crippen LogP contribution in [-0.4, -0.2) is 22.2 Å². The molecule has 11 aromatic carbocycles. The summed E-state index contributed by atoms with van der Waals surface area (Å²) in [7, 11) is -3.39. The third kappa shape index (κ3) is 10.9. The average molecular weight is 1350 g/mol. The molecule has 0 N–H and O–H groups in total. The maximum atomic E-state index is 10.7. The lowest BCUT2D eigenvalue weighted by Gasteiger charge is -2.42. The molecule has 2 aliphatic rings. The van der Waals surface area contributed by atoms with E-state index in [1.165, 1.54) is 79.9 Å². The highest BCUT2D eigenvalue weighted by atomic mass is 28.3. The molecule has 14 aromatic rings. The van der Waals surface area contributed by atoms with Gasteiger partial charge in [0.1, 0.15) is 17.3 Å². The second-order valence-electron chi connectivity index (χ2n) is 25.7. The van der Waals surface area contributed by atoms with Gasteiger partial charge in [-0.15, -0.1) is 0 Å². The molecule has 5 nitrogen and oxygen atoms in total. The first-order chi connectivity index (χ1) is 66.5. The highest BCUT2D eigenvalue weighted by Crippen LogP contribution is 2.51. The number of benzene rings is 11. The van der Waals surface area contributed by atoms with Crippen molar-refractivity contribution in [3.8, 4) is 62.1 Å². The van der Waals surface area contributed by atoms with Crippen molar-refractivity contribution in [1.29, 1.82) is 0 Å². The van der Waals surface area contributed by atoms with Crippen molar-refractivity contribution in [3.63, 3.8) is 0 Å². The van der Waals surface area contributed by atoms with Gasteiger partial charge < -0.3 is 4.74 Å². The van der Waals surface area contributed by atoms with Gasteiger partial charge in [0.05, 0.1) is 48.5 Å². The molecule has 3 aromatic heterocycles.